The van der Waals surface area contributed by atoms with Crippen LogP contribution in [-0.2, 0) is 0 Å². The highest BCUT2D eigenvalue weighted by molar-refractivity contribution is 5.95. The summed E-state index contributed by atoms with van der Waals surface area (Å²) in [5.41, 5.74) is 5.34. The number of nitrogens with zero attached hydrogens (tertiary/aromatic N) is 2. The number of hydrogen-bond acceptors (Lipinski definition) is 3. The second kappa shape index (κ2) is 5.45. The monoisotopic (exact) mass is 275 g/mol. The van der Waals surface area contributed by atoms with Gasteiger partial charge >= 0.3 is 0 Å². The van der Waals surface area contributed by atoms with E-state index in [2.05, 4.69) is 4.98 Å². The maximum atomic E-state index is 13.7. The number of nitrogens with two attached hydrogens (primary N) is 1. The van der Waals surface area contributed by atoms with Gasteiger partial charge in [0.15, 0.2) is 17.5 Å². The molecule has 6 heteroatoms. The van der Waals surface area contributed by atoms with E-state index < -0.39 is 17.5 Å². The maximum absolute atomic E-state index is 13.7. The number of hydrogen-bond donors (Lipinski definition) is 1. The molecule has 0 fully saturated rings. The van der Waals surface area contributed by atoms with Gasteiger partial charge in [-0.3, -0.25) is 4.98 Å². The minimum atomic E-state index is -1.63. The number of halogens is 3. The lowest BCUT2D eigenvalue weighted by Gasteiger charge is -2.08. The fourth-order valence-electron chi connectivity index (χ4n) is 1.66. The van der Waals surface area contributed by atoms with Gasteiger partial charge in [-0.25, -0.2) is 13.2 Å². The Morgan fingerprint density at radius 1 is 1.15 bits per heavy atom. The molecule has 1 aromatic carbocycles. The number of nitriles is 1. The van der Waals surface area contributed by atoms with E-state index in [-0.39, 0.29) is 16.8 Å². The van der Waals surface area contributed by atoms with Crippen molar-refractivity contribution in [3.05, 3.63) is 65.2 Å². The van der Waals surface area contributed by atoms with E-state index in [1.807, 2.05) is 6.07 Å². The van der Waals surface area contributed by atoms with Crippen LogP contribution in [0.2, 0.25) is 0 Å². The SMILES string of the molecule is N#C/C(=C(/N)c1ccc(F)c(F)c1F)c1cccnc1. The van der Waals surface area contributed by atoms with Crippen LogP contribution in [0, 0.1) is 28.8 Å². The van der Waals surface area contributed by atoms with Crippen LogP contribution in [-0.4, -0.2) is 4.98 Å². The standard InChI is InChI=1S/C14H8F3N3/c15-11-4-3-9(12(16)13(11)17)14(19)10(6-18)8-2-1-5-20-7-8/h1-5,7H,19H2/b14-10-. The number of aromatic nitrogens is 1. The molecule has 0 amide bonds. The summed E-state index contributed by atoms with van der Waals surface area (Å²) in [5, 5.41) is 9.12. The molecule has 0 radical (unpaired) electrons. The predicted molar refractivity (Wildman–Crippen MR) is 67.2 cm³/mol. The Morgan fingerprint density at radius 2 is 1.90 bits per heavy atom. The molecule has 2 N–H and O–H groups in total. The largest absolute Gasteiger partial charge is 0.397 e. The van der Waals surface area contributed by atoms with Crippen LogP contribution in [0.5, 0.6) is 0 Å². The minimum Gasteiger partial charge on any atom is -0.397 e. The van der Waals surface area contributed by atoms with Crippen LogP contribution in [0.15, 0.2) is 36.7 Å². The highest BCUT2D eigenvalue weighted by Gasteiger charge is 2.18. The van der Waals surface area contributed by atoms with E-state index in [1.54, 1.807) is 12.1 Å². The van der Waals surface area contributed by atoms with Crippen molar-refractivity contribution in [2.24, 2.45) is 5.73 Å². The summed E-state index contributed by atoms with van der Waals surface area (Å²) in [6.45, 7) is 0. The van der Waals surface area contributed by atoms with E-state index in [9.17, 15) is 13.2 Å². The predicted octanol–water partition coefficient (Wildman–Crippen LogP) is 2.85. The Labute approximate surface area is 112 Å². The third-order valence-electron chi connectivity index (χ3n) is 2.66. The normalized spacial score (nSPS) is 11.7. The first kappa shape index (κ1) is 13.6. The molecular formula is C14H8F3N3. The van der Waals surface area contributed by atoms with Gasteiger partial charge in [0, 0.05) is 23.5 Å². The van der Waals surface area contributed by atoms with Crippen molar-refractivity contribution in [2.45, 2.75) is 0 Å². The molecule has 0 unspecified atom stereocenters. The van der Waals surface area contributed by atoms with Gasteiger partial charge in [0.05, 0.1) is 11.3 Å². The minimum absolute atomic E-state index is 0.0667. The molecule has 0 saturated heterocycles. The summed E-state index contributed by atoms with van der Waals surface area (Å²) in [7, 11) is 0. The third-order valence-corrected chi connectivity index (χ3v) is 2.66. The van der Waals surface area contributed by atoms with Gasteiger partial charge in [0.1, 0.15) is 6.07 Å². The second-order valence-electron chi connectivity index (χ2n) is 3.87. The molecule has 0 atom stereocenters. The van der Waals surface area contributed by atoms with Crippen LogP contribution in [0.4, 0.5) is 13.2 Å². The van der Waals surface area contributed by atoms with Gasteiger partial charge in [-0.05, 0) is 18.2 Å². The molecule has 3 nitrogen and oxygen atoms in total. The molecule has 1 heterocycles. The molecule has 0 bridgehead atoms. The van der Waals surface area contributed by atoms with Crippen molar-refractivity contribution < 1.29 is 13.2 Å². The summed E-state index contributed by atoms with van der Waals surface area (Å²) >= 11 is 0. The van der Waals surface area contributed by atoms with Crippen LogP contribution in [0.3, 0.4) is 0 Å². The lowest BCUT2D eigenvalue weighted by atomic mass is 10.0. The molecule has 0 saturated carbocycles. The Bertz CT molecular complexity index is 718. The number of pyridine rings is 1. The number of benzene rings is 1. The van der Waals surface area contributed by atoms with Crippen LogP contribution < -0.4 is 5.73 Å². The Hall–Kier alpha value is -2.81. The van der Waals surface area contributed by atoms with Gasteiger partial charge < -0.3 is 5.73 Å². The molecule has 2 aromatic rings. The molecule has 0 spiro atoms. The summed E-state index contributed by atoms with van der Waals surface area (Å²) < 4.78 is 39.8. The second-order valence-corrected chi connectivity index (χ2v) is 3.87. The van der Waals surface area contributed by atoms with Crippen molar-refractivity contribution in [3.8, 4) is 6.07 Å². The summed E-state index contributed by atoms with van der Waals surface area (Å²) in [5.74, 6) is -4.38. The highest BCUT2D eigenvalue weighted by atomic mass is 19.2. The quantitative estimate of drug-likeness (QED) is 0.677. The Kier molecular flexibility index (Phi) is 3.71. The van der Waals surface area contributed by atoms with Gasteiger partial charge in [0.2, 0.25) is 0 Å². The van der Waals surface area contributed by atoms with Crippen molar-refractivity contribution in [1.82, 2.24) is 4.98 Å². The molecule has 0 aliphatic rings. The lowest BCUT2D eigenvalue weighted by Crippen LogP contribution is -2.06. The van der Waals surface area contributed by atoms with E-state index in [0.717, 1.165) is 12.1 Å². The average Bonchev–Trinajstić information content (AvgIpc) is 2.47. The van der Waals surface area contributed by atoms with E-state index in [1.165, 1.54) is 12.4 Å². The molecule has 0 aliphatic heterocycles. The third kappa shape index (κ3) is 2.34. The van der Waals surface area contributed by atoms with Crippen LogP contribution in [0.25, 0.3) is 11.3 Å². The van der Waals surface area contributed by atoms with Crippen molar-refractivity contribution in [2.75, 3.05) is 0 Å². The van der Waals surface area contributed by atoms with Crippen molar-refractivity contribution in [1.29, 1.82) is 5.26 Å². The molecular weight excluding hydrogens is 267 g/mol. The molecule has 2 rings (SSSR count). The molecule has 20 heavy (non-hydrogen) atoms. The average molecular weight is 275 g/mol. The van der Waals surface area contributed by atoms with Gasteiger partial charge in [-0.2, -0.15) is 5.26 Å². The van der Waals surface area contributed by atoms with Crippen molar-refractivity contribution >= 4 is 11.3 Å². The molecule has 100 valence electrons. The lowest BCUT2D eigenvalue weighted by molar-refractivity contribution is 0.445. The number of rotatable bonds is 2. The zero-order chi connectivity index (χ0) is 14.7. The van der Waals surface area contributed by atoms with Gasteiger partial charge in [0.25, 0.3) is 0 Å². The highest BCUT2D eigenvalue weighted by Crippen LogP contribution is 2.25. The number of allylic oxidation sites excluding steroid dienone is 1. The summed E-state index contributed by atoms with van der Waals surface area (Å²) in [6, 6.07) is 6.66. The van der Waals surface area contributed by atoms with E-state index in [4.69, 9.17) is 11.0 Å². The fraction of sp³-hybridized carbons (Fsp3) is 0. The van der Waals surface area contributed by atoms with Crippen molar-refractivity contribution in [3.63, 3.8) is 0 Å². The zero-order valence-corrected chi connectivity index (χ0v) is 10.1. The molecule has 0 aliphatic carbocycles. The first-order valence-electron chi connectivity index (χ1n) is 5.50. The summed E-state index contributed by atoms with van der Waals surface area (Å²) in [6.07, 6.45) is 2.86. The first-order valence-corrected chi connectivity index (χ1v) is 5.50. The summed E-state index contributed by atoms with van der Waals surface area (Å²) in [4.78, 5) is 3.82. The zero-order valence-electron chi connectivity index (χ0n) is 10.1. The topological polar surface area (TPSA) is 62.7 Å². The van der Waals surface area contributed by atoms with Gasteiger partial charge in [-0.1, -0.05) is 6.07 Å². The molecule has 1 aromatic heterocycles. The van der Waals surface area contributed by atoms with Crippen LogP contribution >= 0.6 is 0 Å². The van der Waals surface area contributed by atoms with E-state index in [0.29, 0.717) is 5.56 Å². The smallest absolute Gasteiger partial charge is 0.195 e. The fourth-order valence-corrected chi connectivity index (χ4v) is 1.66. The Balaban J connectivity index is 2.65. The van der Waals surface area contributed by atoms with E-state index >= 15 is 0 Å². The first-order chi connectivity index (χ1) is 9.56. The Morgan fingerprint density at radius 3 is 2.50 bits per heavy atom. The van der Waals surface area contributed by atoms with Gasteiger partial charge in [-0.15, -0.1) is 0 Å². The van der Waals surface area contributed by atoms with Crippen LogP contribution in [0.1, 0.15) is 11.1 Å². The maximum Gasteiger partial charge on any atom is 0.195 e.